The van der Waals surface area contributed by atoms with Gasteiger partial charge in [-0.15, -0.1) is 0 Å². The van der Waals surface area contributed by atoms with Crippen LogP contribution in [0.25, 0.3) is 22.4 Å². The number of methoxy groups -OCH3 is 1. The molecule has 0 radical (unpaired) electrons. The Morgan fingerprint density at radius 3 is 2.60 bits per heavy atom. The van der Waals surface area contributed by atoms with E-state index in [2.05, 4.69) is 9.97 Å². The van der Waals surface area contributed by atoms with E-state index in [0.29, 0.717) is 32.5 Å². The Bertz CT molecular complexity index is 933. The van der Waals surface area contributed by atoms with Crippen LogP contribution in [0.15, 0.2) is 24.3 Å². The van der Waals surface area contributed by atoms with Crippen LogP contribution in [0.3, 0.4) is 0 Å². The fraction of sp³-hybridized carbons (Fsp3) is 0.188. The molecule has 7 nitrogen and oxygen atoms in total. The third kappa shape index (κ3) is 3.20. The van der Waals surface area contributed by atoms with Crippen molar-refractivity contribution in [3.05, 3.63) is 44.4 Å². The summed E-state index contributed by atoms with van der Waals surface area (Å²) in [5.74, 6) is 0.765. The van der Waals surface area contributed by atoms with Gasteiger partial charge in [-0.25, -0.2) is 4.98 Å². The first-order chi connectivity index (χ1) is 11.9. The van der Waals surface area contributed by atoms with Gasteiger partial charge in [0.15, 0.2) is 5.75 Å². The highest BCUT2D eigenvalue weighted by Crippen LogP contribution is 2.41. The highest BCUT2D eigenvalue weighted by molar-refractivity contribution is 6.42. The SMILES string of the molecule is CCOc1c(OC)cc(-c2nc3cc(Cl)c(Cl)cc3[nH]2)cc1[N+](=O)[O-]. The topological polar surface area (TPSA) is 90.3 Å². The Labute approximate surface area is 152 Å². The number of H-pyrrole nitrogens is 1. The largest absolute Gasteiger partial charge is 0.493 e. The molecule has 2 aromatic carbocycles. The molecule has 0 aliphatic heterocycles. The van der Waals surface area contributed by atoms with E-state index in [1.54, 1.807) is 25.1 Å². The lowest BCUT2D eigenvalue weighted by molar-refractivity contribution is -0.385. The van der Waals surface area contributed by atoms with Crippen LogP contribution in [-0.4, -0.2) is 28.6 Å². The Kier molecular flexibility index (Phi) is 4.69. The van der Waals surface area contributed by atoms with Crippen LogP contribution in [0.4, 0.5) is 5.69 Å². The van der Waals surface area contributed by atoms with Crippen LogP contribution in [0.2, 0.25) is 10.0 Å². The molecule has 0 fully saturated rings. The van der Waals surface area contributed by atoms with Crippen molar-refractivity contribution in [2.75, 3.05) is 13.7 Å². The lowest BCUT2D eigenvalue weighted by Gasteiger charge is -2.10. The number of fused-ring (bicyclic) bond motifs is 1. The Hall–Kier alpha value is -2.51. The van der Waals surface area contributed by atoms with E-state index in [0.717, 1.165) is 0 Å². The lowest BCUT2D eigenvalue weighted by atomic mass is 10.1. The summed E-state index contributed by atoms with van der Waals surface area (Å²) in [7, 11) is 1.42. The average molecular weight is 382 g/mol. The molecule has 0 bridgehead atoms. The molecule has 1 heterocycles. The van der Waals surface area contributed by atoms with Crippen LogP contribution in [0.5, 0.6) is 11.5 Å². The van der Waals surface area contributed by atoms with Gasteiger partial charge < -0.3 is 14.5 Å². The monoisotopic (exact) mass is 381 g/mol. The maximum absolute atomic E-state index is 11.4. The Morgan fingerprint density at radius 2 is 1.96 bits per heavy atom. The zero-order chi connectivity index (χ0) is 18.1. The first kappa shape index (κ1) is 17.3. The molecule has 0 unspecified atom stereocenters. The lowest BCUT2D eigenvalue weighted by Crippen LogP contribution is -2.01. The van der Waals surface area contributed by atoms with Gasteiger partial charge in [-0.05, 0) is 25.1 Å². The molecule has 9 heteroatoms. The van der Waals surface area contributed by atoms with Crippen molar-refractivity contribution in [3.8, 4) is 22.9 Å². The number of ether oxygens (including phenoxy) is 2. The first-order valence-electron chi connectivity index (χ1n) is 7.29. The quantitative estimate of drug-likeness (QED) is 0.503. The van der Waals surface area contributed by atoms with Gasteiger partial charge in [0.05, 0.1) is 39.7 Å². The van der Waals surface area contributed by atoms with Crippen LogP contribution >= 0.6 is 23.2 Å². The molecular formula is C16H13Cl2N3O4. The Balaban J connectivity index is 2.19. The van der Waals surface area contributed by atoms with Gasteiger partial charge in [-0.1, -0.05) is 23.2 Å². The number of halogens is 2. The maximum Gasteiger partial charge on any atom is 0.315 e. The van der Waals surface area contributed by atoms with Crippen LogP contribution < -0.4 is 9.47 Å². The number of aromatic nitrogens is 2. The number of benzene rings is 2. The van der Waals surface area contributed by atoms with Gasteiger partial charge in [0.2, 0.25) is 5.75 Å². The number of imidazole rings is 1. The summed E-state index contributed by atoms with van der Waals surface area (Å²) in [5.41, 5.74) is 1.54. The number of aromatic amines is 1. The molecule has 0 aliphatic rings. The van der Waals surface area contributed by atoms with Crippen molar-refractivity contribution in [3.63, 3.8) is 0 Å². The van der Waals surface area contributed by atoms with E-state index in [1.807, 2.05) is 0 Å². The predicted molar refractivity (Wildman–Crippen MR) is 95.9 cm³/mol. The number of nitrogens with zero attached hydrogens (tertiary/aromatic N) is 2. The van der Waals surface area contributed by atoms with Gasteiger partial charge in [0, 0.05) is 11.6 Å². The third-order valence-electron chi connectivity index (χ3n) is 3.54. The number of nitro groups is 1. The molecule has 0 spiro atoms. The van der Waals surface area contributed by atoms with Gasteiger partial charge in [0.25, 0.3) is 0 Å². The van der Waals surface area contributed by atoms with Gasteiger partial charge in [-0.3, -0.25) is 10.1 Å². The molecule has 0 saturated heterocycles. The number of rotatable bonds is 5. The maximum atomic E-state index is 11.4. The van der Waals surface area contributed by atoms with Crippen LogP contribution in [0.1, 0.15) is 6.92 Å². The van der Waals surface area contributed by atoms with E-state index < -0.39 is 4.92 Å². The number of hydrogen-bond acceptors (Lipinski definition) is 5. The second-order valence-corrected chi connectivity index (χ2v) is 5.90. The van der Waals surface area contributed by atoms with Crippen molar-refractivity contribution >= 4 is 39.9 Å². The smallest absolute Gasteiger partial charge is 0.315 e. The van der Waals surface area contributed by atoms with Crippen molar-refractivity contribution in [2.45, 2.75) is 6.92 Å². The minimum absolute atomic E-state index is 0.0842. The molecule has 1 aromatic heterocycles. The van der Waals surface area contributed by atoms with Gasteiger partial charge in [-0.2, -0.15) is 0 Å². The van der Waals surface area contributed by atoms with E-state index in [4.69, 9.17) is 32.7 Å². The van der Waals surface area contributed by atoms with Gasteiger partial charge >= 0.3 is 5.69 Å². The summed E-state index contributed by atoms with van der Waals surface area (Å²) in [5, 5.41) is 12.2. The van der Waals surface area contributed by atoms with Crippen molar-refractivity contribution < 1.29 is 14.4 Å². The molecule has 1 N–H and O–H groups in total. The predicted octanol–water partition coefficient (Wildman–Crippen LogP) is 4.85. The minimum Gasteiger partial charge on any atom is -0.493 e. The van der Waals surface area contributed by atoms with Crippen LogP contribution in [0, 0.1) is 10.1 Å². The molecule has 0 amide bonds. The van der Waals surface area contributed by atoms with E-state index in [9.17, 15) is 10.1 Å². The zero-order valence-corrected chi connectivity index (χ0v) is 14.8. The fourth-order valence-corrected chi connectivity index (χ4v) is 2.76. The standard InChI is InChI=1S/C16H13Cl2N3O4/c1-3-25-15-13(21(22)23)4-8(5-14(15)24-2)16-19-11-6-9(17)10(18)7-12(11)20-16/h4-7H,3H2,1-2H3,(H,19,20). The Morgan fingerprint density at radius 1 is 1.24 bits per heavy atom. The molecule has 25 heavy (non-hydrogen) atoms. The van der Waals surface area contributed by atoms with Crippen molar-refractivity contribution in [1.82, 2.24) is 9.97 Å². The number of nitro benzene ring substituents is 1. The summed E-state index contributed by atoms with van der Waals surface area (Å²) in [4.78, 5) is 18.4. The zero-order valence-electron chi connectivity index (χ0n) is 13.3. The molecular weight excluding hydrogens is 369 g/mol. The fourth-order valence-electron chi connectivity index (χ4n) is 2.44. The summed E-state index contributed by atoms with van der Waals surface area (Å²) >= 11 is 12.0. The third-order valence-corrected chi connectivity index (χ3v) is 4.26. The molecule has 3 rings (SSSR count). The van der Waals surface area contributed by atoms with Crippen molar-refractivity contribution in [1.29, 1.82) is 0 Å². The van der Waals surface area contributed by atoms with E-state index in [-0.39, 0.29) is 23.8 Å². The van der Waals surface area contributed by atoms with Crippen LogP contribution in [-0.2, 0) is 0 Å². The second-order valence-electron chi connectivity index (χ2n) is 5.09. The second kappa shape index (κ2) is 6.78. The summed E-state index contributed by atoms with van der Waals surface area (Å²) in [6, 6.07) is 6.28. The average Bonchev–Trinajstić information content (AvgIpc) is 2.98. The van der Waals surface area contributed by atoms with E-state index in [1.165, 1.54) is 13.2 Å². The molecule has 0 saturated carbocycles. The van der Waals surface area contributed by atoms with Crippen molar-refractivity contribution in [2.24, 2.45) is 0 Å². The minimum atomic E-state index is -0.520. The summed E-state index contributed by atoms with van der Waals surface area (Å²) in [6.45, 7) is 2.02. The first-order valence-corrected chi connectivity index (χ1v) is 8.04. The molecule has 0 aliphatic carbocycles. The summed E-state index contributed by atoms with van der Waals surface area (Å²) in [6.07, 6.45) is 0. The highest BCUT2D eigenvalue weighted by Gasteiger charge is 2.23. The van der Waals surface area contributed by atoms with Gasteiger partial charge in [0.1, 0.15) is 5.82 Å². The summed E-state index contributed by atoms with van der Waals surface area (Å²) < 4.78 is 10.6. The normalized spacial score (nSPS) is 10.9. The number of nitrogens with one attached hydrogen (secondary N) is 1. The highest BCUT2D eigenvalue weighted by atomic mass is 35.5. The molecule has 3 aromatic rings. The molecule has 0 atom stereocenters. The number of hydrogen-bond donors (Lipinski definition) is 1. The molecule has 130 valence electrons. The van der Waals surface area contributed by atoms with E-state index >= 15 is 0 Å².